The molecular weight excluding hydrogens is 271 g/mol. The Morgan fingerprint density at radius 3 is 2.17 bits per heavy atom. The molecule has 0 aromatic heterocycles. The summed E-state index contributed by atoms with van der Waals surface area (Å²) in [5.74, 6) is 0. The van der Waals surface area contributed by atoms with Gasteiger partial charge in [-0.15, -0.1) is 35.0 Å². The molecule has 0 heterocycles. The molecule has 1 heteroatoms. The third-order valence-corrected chi connectivity index (χ3v) is 4.41. The first-order chi connectivity index (χ1) is 10.8. The average Bonchev–Trinajstić information content (AvgIpc) is 2.54. The van der Waals surface area contributed by atoms with Gasteiger partial charge >= 0.3 is 18.9 Å². The first kappa shape index (κ1) is 15.9. The molecule has 4 rings (SSSR count). The number of aryl methyl sites for hydroxylation is 2. The first-order valence-corrected chi connectivity index (χ1v) is 7.64. The van der Waals surface area contributed by atoms with E-state index in [0.717, 1.165) is 0 Å². The van der Waals surface area contributed by atoms with Gasteiger partial charge in [-0.1, -0.05) is 76.2 Å². The van der Waals surface area contributed by atoms with Crippen molar-refractivity contribution < 1.29 is 18.9 Å². The summed E-state index contributed by atoms with van der Waals surface area (Å²) in [7, 11) is 0. The van der Waals surface area contributed by atoms with Gasteiger partial charge in [0.05, 0.1) is 0 Å². The van der Waals surface area contributed by atoms with Crippen LogP contribution >= 0.6 is 0 Å². The van der Waals surface area contributed by atoms with Gasteiger partial charge in [-0.05, 0) is 19.2 Å². The van der Waals surface area contributed by atoms with Crippen LogP contribution in [0.3, 0.4) is 0 Å². The van der Waals surface area contributed by atoms with E-state index in [4.69, 9.17) is 0 Å². The maximum atomic E-state index is 3.46. The standard InChI is InChI=1S/C22H17.Li/c1-15-8-7-9-16(2)21(15)22-19-12-5-3-10-17(19)14-18-11-4-6-13-20(18)22;/h3-12,14H,1-2H3;/q-1;+1. The zero-order valence-corrected chi connectivity index (χ0v) is 13.9. The van der Waals surface area contributed by atoms with Gasteiger partial charge in [0, 0.05) is 0 Å². The third kappa shape index (κ3) is 2.59. The molecule has 0 unspecified atom stereocenters. The number of rotatable bonds is 1. The van der Waals surface area contributed by atoms with Crippen LogP contribution in [0.4, 0.5) is 0 Å². The number of hydrogen-bond acceptors (Lipinski definition) is 0. The van der Waals surface area contributed by atoms with E-state index in [0.29, 0.717) is 0 Å². The number of hydrogen-bond donors (Lipinski definition) is 0. The minimum absolute atomic E-state index is 0. The summed E-state index contributed by atoms with van der Waals surface area (Å²) in [5, 5.41) is 5.04. The zero-order chi connectivity index (χ0) is 15.1. The Morgan fingerprint density at radius 2 is 1.39 bits per heavy atom. The van der Waals surface area contributed by atoms with Crippen LogP contribution in [0.1, 0.15) is 11.1 Å². The van der Waals surface area contributed by atoms with Gasteiger partial charge in [0.15, 0.2) is 0 Å². The molecule has 0 radical (unpaired) electrons. The fourth-order valence-corrected chi connectivity index (χ4v) is 3.41. The normalized spacial score (nSPS) is 10.7. The van der Waals surface area contributed by atoms with E-state index in [1.54, 1.807) is 0 Å². The maximum Gasteiger partial charge on any atom is 1.00 e. The van der Waals surface area contributed by atoms with Gasteiger partial charge in [-0.2, -0.15) is 0 Å². The van der Waals surface area contributed by atoms with Crippen LogP contribution in [0.15, 0.2) is 66.7 Å². The largest absolute Gasteiger partial charge is 1.00 e. The molecule has 0 aliphatic carbocycles. The Bertz CT molecular complexity index is 925. The minimum Gasteiger partial charge on any atom is -0.147 e. The molecule has 4 aromatic carbocycles. The van der Waals surface area contributed by atoms with Crippen molar-refractivity contribution in [3.05, 3.63) is 83.9 Å². The molecule has 4 aromatic rings. The Hall–Kier alpha value is -2.00. The first-order valence-electron chi connectivity index (χ1n) is 7.64. The molecule has 23 heavy (non-hydrogen) atoms. The molecule has 0 atom stereocenters. The molecule has 0 N–H and O–H groups in total. The topological polar surface area (TPSA) is 0 Å². The summed E-state index contributed by atoms with van der Waals surface area (Å²) in [4.78, 5) is 0. The maximum absolute atomic E-state index is 3.46. The van der Waals surface area contributed by atoms with Crippen LogP contribution in [0.2, 0.25) is 0 Å². The van der Waals surface area contributed by atoms with Gasteiger partial charge in [0.2, 0.25) is 0 Å². The fraction of sp³-hybridized carbons (Fsp3) is 0.0909. The summed E-state index contributed by atoms with van der Waals surface area (Å²) in [5.41, 5.74) is 5.28. The van der Waals surface area contributed by atoms with Crippen molar-refractivity contribution in [1.82, 2.24) is 0 Å². The fourth-order valence-electron chi connectivity index (χ4n) is 3.41. The van der Waals surface area contributed by atoms with Crippen molar-refractivity contribution in [1.29, 1.82) is 0 Å². The van der Waals surface area contributed by atoms with E-state index in [1.165, 1.54) is 43.8 Å². The van der Waals surface area contributed by atoms with Crippen molar-refractivity contribution in [2.45, 2.75) is 13.8 Å². The predicted octanol–water partition coefficient (Wildman–Crippen LogP) is 3.08. The van der Waals surface area contributed by atoms with Crippen molar-refractivity contribution in [3.8, 4) is 11.1 Å². The summed E-state index contributed by atoms with van der Waals surface area (Å²) >= 11 is 0. The van der Waals surface area contributed by atoms with Crippen LogP contribution in [0, 0.1) is 19.9 Å². The SMILES string of the molecule is Cc1cccc(C)c1-c1c2[c-]cccc2cc2ccccc12.[Li+]. The van der Waals surface area contributed by atoms with Gasteiger partial charge in [0.25, 0.3) is 0 Å². The monoisotopic (exact) mass is 288 g/mol. The molecule has 0 saturated heterocycles. The summed E-state index contributed by atoms with van der Waals surface area (Å²) < 4.78 is 0. The molecular formula is C22H17Li. The van der Waals surface area contributed by atoms with E-state index in [9.17, 15) is 0 Å². The van der Waals surface area contributed by atoms with Crippen molar-refractivity contribution >= 4 is 21.5 Å². The van der Waals surface area contributed by atoms with Gasteiger partial charge in [-0.25, -0.2) is 0 Å². The Labute approximate surface area is 149 Å². The van der Waals surface area contributed by atoms with E-state index < -0.39 is 0 Å². The van der Waals surface area contributed by atoms with Gasteiger partial charge in [0.1, 0.15) is 0 Å². The molecule has 0 amide bonds. The minimum atomic E-state index is 0. The zero-order valence-electron chi connectivity index (χ0n) is 13.9. The molecule has 106 valence electrons. The van der Waals surface area contributed by atoms with Crippen LogP contribution in [-0.2, 0) is 0 Å². The number of benzene rings is 4. The van der Waals surface area contributed by atoms with Crippen LogP contribution < -0.4 is 18.9 Å². The van der Waals surface area contributed by atoms with E-state index in [2.05, 4.69) is 80.6 Å². The summed E-state index contributed by atoms with van der Waals surface area (Å²) in [6.07, 6.45) is 0. The second kappa shape index (κ2) is 6.24. The van der Waals surface area contributed by atoms with Crippen molar-refractivity contribution in [3.63, 3.8) is 0 Å². The van der Waals surface area contributed by atoms with E-state index in [1.807, 2.05) is 6.07 Å². The van der Waals surface area contributed by atoms with Gasteiger partial charge in [-0.3, -0.25) is 0 Å². The van der Waals surface area contributed by atoms with Crippen LogP contribution in [0.5, 0.6) is 0 Å². The molecule has 0 aliphatic rings. The second-order valence-corrected chi connectivity index (χ2v) is 5.87. The quantitative estimate of drug-likeness (QED) is 0.287. The number of fused-ring (bicyclic) bond motifs is 2. The molecule has 0 spiro atoms. The molecule has 0 bridgehead atoms. The van der Waals surface area contributed by atoms with Gasteiger partial charge < -0.3 is 0 Å². The summed E-state index contributed by atoms with van der Waals surface area (Å²) in [6, 6.07) is 27.1. The van der Waals surface area contributed by atoms with E-state index >= 15 is 0 Å². The van der Waals surface area contributed by atoms with Crippen LogP contribution in [-0.4, -0.2) is 0 Å². The molecule has 0 aliphatic heterocycles. The smallest absolute Gasteiger partial charge is 0.147 e. The third-order valence-electron chi connectivity index (χ3n) is 4.41. The predicted molar refractivity (Wildman–Crippen MR) is 95.2 cm³/mol. The van der Waals surface area contributed by atoms with Crippen molar-refractivity contribution in [2.75, 3.05) is 0 Å². The average molecular weight is 288 g/mol. The Balaban J connectivity index is 0.00000156. The molecule has 0 fully saturated rings. The van der Waals surface area contributed by atoms with Crippen molar-refractivity contribution in [2.24, 2.45) is 0 Å². The second-order valence-electron chi connectivity index (χ2n) is 5.87. The molecule has 0 nitrogen and oxygen atoms in total. The van der Waals surface area contributed by atoms with Crippen LogP contribution in [0.25, 0.3) is 32.7 Å². The van der Waals surface area contributed by atoms with E-state index in [-0.39, 0.29) is 18.9 Å². The summed E-state index contributed by atoms with van der Waals surface area (Å²) in [6.45, 7) is 4.39. The Morgan fingerprint density at radius 1 is 0.696 bits per heavy atom. The Kier molecular flexibility index (Phi) is 4.31. The molecule has 0 saturated carbocycles.